The molecule has 0 bridgehead atoms. The third kappa shape index (κ3) is 5.70. The number of carbonyl (C=O) groups excluding carboxylic acids is 3. The molecule has 2 aromatic carbocycles. The number of anilines is 1. The third-order valence-corrected chi connectivity index (χ3v) is 7.37. The van der Waals surface area contributed by atoms with Gasteiger partial charge in [0.05, 0.1) is 18.6 Å². The van der Waals surface area contributed by atoms with Gasteiger partial charge in [-0.15, -0.1) is 0 Å². The number of aryl methyl sites for hydroxylation is 1. The topological polar surface area (TPSA) is 129 Å². The maximum atomic E-state index is 12.8. The Hall–Kier alpha value is -3.63. The summed E-state index contributed by atoms with van der Waals surface area (Å²) >= 11 is 0. The quantitative estimate of drug-likeness (QED) is 0.335. The normalized spacial score (nSPS) is 22.2. The Labute approximate surface area is 216 Å². The average Bonchev–Trinajstić information content (AvgIpc) is 3.21. The Balaban J connectivity index is 1.42. The lowest BCUT2D eigenvalue weighted by molar-refractivity contribution is -0.135. The lowest BCUT2D eigenvalue weighted by Crippen LogP contribution is -2.43. The van der Waals surface area contributed by atoms with Crippen molar-refractivity contribution in [1.29, 1.82) is 0 Å². The molecule has 0 aromatic heterocycles. The molecular weight excluding hydrogens is 476 g/mol. The van der Waals surface area contributed by atoms with Gasteiger partial charge in [-0.25, -0.2) is 10.3 Å². The summed E-state index contributed by atoms with van der Waals surface area (Å²) in [5.41, 5.74) is 4.15. The van der Waals surface area contributed by atoms with Crippen molar-refractivity contribution in [2.24, 2.45) is 11.8 Å². The SMILES string of the molecule is Cc1cc(COc2ccc(C3(C)C(=O)NCC3C(C)C(=O)NO)cc2)cc(NC(=O)N2CCOCC2)c1. The highest BCUT2D eigenvalue weighted by atomic mass is 16.5. The van der Waals surface area contributed by atoms with Crippen LogP contribution in [0.3, 0.4) is 0 Å². The third-order valence-electron chi connectivity index (χ3n) is 7.37. The summed E-state index contributed by atoms with van der Waals surface area (Å²) in [6.07, 6.45) is 0. The summed E-state index contributed by atoms with van der Waals surface area (Å²) < 4.78 is 11.3. The van der Waals surface area contributed by atoms with Gasteiger partial charge in [0.1, 0.15) is 12.4 Å². The van der Waals surface area contributed by atoms with E-state index >= 15 is 0 Å². The highest BCUT2D eigenvalue weighted by Gasteiger charge is 2.51. The van der Waals surface area contributed by atoms with E-state index in [0.717, 1.165) is 16.7 Å². The molecule has 3 unspecified atom stereocenters. The van der Waals surface area contributed by atoms with Gasteiger partial charge in [0.25, 0.3) is 0 Å². The number of nitrogens with one attached hydrogen (secondary N) is 3. The van der Waals surface area contributed by atoms with Crippen molar-refractivity contribution in [3.63, 3.8) is 0 Å². The molecule has 0 aliphatic carbocycles. The standard InChI is InChI=1S/C27H34N4O6/c1-17-12-19(14-21(13-17)29-26(34)31-8-10-36-11-9-31)16-37-22-6-4-20(5-7-22)27(3)23(15-28-25(27)33)18(2)24(32)30-35/h4-7,12-14,18,23,35H,8-11,15-16H2,1-3H3,(H,28,33)(H,29,34)(H,30,32). The van der Waals surface area contributed by atoms with E-state index in [1.807, 2.05) is 44.2 Å². The number of hydroxylamine groups is 1. The predicted octanol–water partition coefficient (Wildman–Crippen LogP) is 2.58. The second-order valence-corrected chi connectivity index (χ2v) is 9.83. The van der Waals surface area contributed by atoms with Gasteiger partial charge in [0.2, 0.25) is 11.8 Å². The molecule has 4 rings (SSSR count). The van der Waals surface area contributed by atoms with Crippen LogP contribution in [0, 0.1) is 18.8 Å². The smallest absolute Gasteiger partial charge is 0.321 e. The van der Waals surface area contributed by atoms with Gasteiger partial charge in [-0.2, -0.15) is 0 Å². The molecule has 4 amide bonds. The van der Waals surface area contributed by atoms with Crippen LogP contribution in [0.2, 0.25) is 0 Å². The molecule has 198 valence electrons. The Kier molecular flexibility index (Phi) is 7.99. The van der Waals surface area contributed by atoms with Gasteiger partial charge < -0.3 is 25.0 Å². The zero-order valence-electron chi connectivity index (χ0n) is 21.4. The van der Waals surface area contributed by atoms with Crippen LogP contribution < -0.4 is 20.9 Å². The Morgan fingerprint density at radius 3 is 2.59 bits per heavy atom. The summed E-state index contributed by atoms with van der Waals surface area (Å²) in [7, 11) is 0. The van der Waals surface area contributed by atoms with Crippen LogP contribution in [-0.2, 0) is 26.3 Å². The molecule has 2 fully saturated rings. The van der Waals surface area contributed by atoms with E-state index in [2.05, 4.69) is 10.6 Å². The van der Waals surface area contributed by atoms with E-state index in [-0.39, 0.29) is 17.9 Å². The molecule has 0 radical (unpaired) electrons. The van der Waals surface area contributed by atoms with Crippen LogP contribution in [0.4, 0.5) is 10.5 Å². The summed E-state index contributed by atoms with van der Waals surface area (Å²) in [4.78, 5) is 39.1. The first kappa shape index (κ1) is 26.4. The lowest BCUT2D eigenvalue weighted by Gasteiger charge is -2.32. The van der Waals surface area contributed by atoms with Gasteiger partial charge in [0.15, 0.2) is 0 Å². The number of hydrogen-bond acceptors (Lipinski definition) is 6. The zero-order valence-corrected chi connectivity index (χ0v) is 21.4. The molecule has 2 saturated heterocycles. The first-order valence-electron chi connectivity index (χ1n) is 12.4. The van der Waals surface area contributed by atoms with E-state index in [4.69, 9.17) is 14.7 Å². The molecule has 2 aliphatic rings. The zero-order chi connectivity index (χ0) is 26.6. The molecule has 10 nitrogen and oxygen atoms in total. The fraction of sp³-hybridized carbons (Fsp3) is 0.444. The Morgan fingerprint density at radius 1 is 1.22 bits per heavy atom. The summed E-state index contributed by atoms with van der Waals surface area (Å²) in [6, 6.07) is 12.9. The van der Waals surface area contributed by atoms with Crippen molar-refractivity contribution < 1.29 is 29.1 Å². The van der Waals surface area contributed by atoms with Crippen molar-refractivity contribution >= 4 is 23.5 Å². The molecule has 2 heterocycles. The van der Waals surface area contributed by atoms with E-state index in [9.17, 15) is 14.4 Å². The lowest BCUT2D eigenvalue weighted by atomic mass is 9.68. The molecule has 0 spiro atoms. The number of urea groups is 1. The Bertz CT molecular complexity index is 1150. The van der Waals surface area contributed by atoms with Crippen LogP contribution >= 0.6 is 0 Å². The van der Waals surface area contributed by atoms with Crippen LogP contribution in [0.1, 0.15) is 30.5 Å². The monoisotopic (exact) mass is 510 g/mol. The molecule has 2 aromatic rings. The van der Waals surface area contributed by atoms with Crippen molar-refractivity contribution in [2.45, 2.75) is 32.8 Å². The van der Waals surface area contributed by atoms with E-state index in [1.54, 1.807) is 29.4 Å². The van der Waals surface area contributed by atoms with Crippen molar-refractivity contribution in [3.8, 4) is 5.75 Å². The summed E-state index contributed by atoms with van der Waals surface area (Å²) in [6.45, 7) is 8.35. The Morgan fingerprint density at radius 2 is 1.92 bits per heavy atom. The van der Waals surface area contributed by atoms with Crippen LogP contribution in [0.15, 0.2) is 42.5 Å². The van der Waals surface area contributed by atoms with Crippen molar-refractivity contribution in [2.75, 3.05) is 38.2 Å². The minimum Gasteiger partial charge on any atom is -0.489 e. The predicted molar refractivity (Wildman–Crippen MR) is 136 cm³/mol. The van der Waals surface area contributed by atoms with Gasteiger partial charge in [-0.3, -0.25) is 14.8 Å². The van der Waals surface area contributed by atoms with Gasteiger partial charge in [-0.05, 0) is 54.8 Å². The fourth-order valence-electron chi connectivity index (χ4n) is 5.12. The average molecular weight is 511 g/mol. The molecule has 2 aliphatic heterocycles. The highest BCUT2D eigenvalue weighted by molar-refractivity contribution is 5.92. The number of hydrogen-bond donors (Lipinski definition) is 4. The van der Waals surface area contributed by atoms with Gasteiger partial charge in [0, 0.05) is 37.2 Å². The molecule has 4 N–H and O–H groups in total. The minimum absolute atomic E-state index is 0.148. The van der Waals surface area contributed by atoms with Gasteiger partial charge in [-0.1, -0.05) is 25.1 Å². The summed E-state index contributed by atoms with van der Waals surface area (Å²) in [5, 5.41) is 14.9. The van der Waals surface area contributed by atoms with Crippen LogP contribution in [-0.4, -0.2) is 60.8 Å². The number of rotatable bonds is 7. The maximum Gasteiger partial charge on any atom is 0.321 e. The number of amides is 4. The maximum absolute atomic E-state index is 12.8. The first-order valence-corrected chi connectivity index (χ1v) is 12.4. The number of ether oxygens (including phenoxy) is 2. The molecular formula is C27H34N4O6. The first-order chi connectivity index (χ1) is 17.7. The van der Waals surface area contributed by atoms with Crippen molar-refractivity contribution in [3.05, 3.63) is 59.2 Å². The second-order valence-electron chi connectivity index (χ2n) is 9.83. The molecule has 10 heteroatoms. The number of morpholine rings is 1. The number of benzene rings is 2. The van der Waals surface area contributed by atoms with Crippen molar-refractivity contribution in [1.82, 2.24) is 15.7 Å². The van der Waals surface area contributed by atoms with Crippen LogP contribution in [0.25, 0.3) is 0 Å². The summed E-state index contributed by atoms with van der Waals surface area (Å²) in [5.74, 6) is -0.938. The molecule has 3 atom stereocenters. The molecule has 37 heavy (non-hydrogen) atoms. The van der Waals surface area contributed by atoms with E-state index in [1.165, 1.54) is 0 Å². The van der Waals surface area contributed by atoms with E-state index < -0.39 is 17.2 Å². The fourth-order valence-corrected chi connectivity index (χ4v) is 5.12. The number of carbonyl (C=O) groups is 3. The van der Waals surface area contributed by atoms with Crippen LogP contribution in [0.5, 0.6) is 5.75 Å². The largest absolute Gasteiger partial charge is 0.489 e. The van der Waals surface area contributed by atoms with Gasteiger partial charge >= 0.3 is 6.03 Å². The highest BCUT2D eigenvalue weighted by Crippen LogP contribution is 2.41. The van der Waals surface area contributed by atoms with E-state index in [0.29, 0.717) is 50.9 Å². The molecule has 0 saturated carbocycles. The second kappa shape index (κ2) is 11.2. The minimum atomic E-state index is -0.922. The number of nitrogens with zero attached hydrogens (tertiary/aromatic N) is 1.